The van der Waals surface area contributed by atoms with E-state index in [4.69, 9.17) is 9.47 Å². The van der Waals surface area contributed by atoms with E-state index in [2.05, 4.69) is 36.2 Å². The number of nitro benzene ring substituents is 1. The highest BCUT2D eigenvalue weighted by Crippen LogP contribution is 2.39. The minimum Gasteiger partial charge on any atom is -0.477 e. The van der Waals surface area contributed by atoms with E-state index >= 15 is 0 Å². The van der Waals surface area contributed by atoms with Crippen molar-refractivity contribution in [3.63, 3.8) is 0 Å². The Bertz CT molecular complexity index is 1270. The number of aromatic nitrogens is 2. The number of benzene rings is 2. The second-order valence-corrected chi connectivity index (χ2v) is 7.46. The number of aliphatic imine (C=N–C) groups is 1. The van der Waals surface area contributed by atoms with Crippen molar-refractivity contribution in [2.75, 3.05) is 11.9 Å². The van der Waals surface area contributed by atoms with E-state index in [1.807, 2.05) is 0 Å². The maximum Gasteiger partial charge on any atom is 0.420 e. The minimum atomic E-state index is -4.84. The minimum absolute atomic E-state index is 0.0283. The molecule has 3 rings (SSSR count). The van der Waals surface area contributed by atoms with Crippen LogP contribution in [-0.2, 0) is 10.9 Å². The van der Waals surface area contributed by atoms with Crippen LogP contribution in [0.25, 0.3) is 0 Å². The molecule has 0 aliphatic carbocycles. The Hall–Kier alpha value is -4.07. The molecule has 182 valence electrons. The van der Waals surface area contributed by atoms with Gasteiger partial charge in [-0.2, -0.15) is 18.2 Å². The second kappa shape index (κ2) is 10.9. The molecule has 2 amide bonds. The first kappa shape index (κ1) is 25.6. The molecule has 0 spiro atoms. The summed E-state index contributed by atoms with van der Waals surface area (Å²) in [5.74, 6) is -0.947. The van der Waals surface area contributed by atoms with Crippen molar-refractivity contribution in [2.45, 2.75) is 13.1 Å². The number of nitrogens with zero attached hydrogens (tertiary/aromatic N) is 4. The van der Waals surface area contributed by atoms with Gasteiger partial charge in [-0.25, -0.2) is 14.8 Å². The van der Waals surface area contributed by atoms with Gasteiger partial charge in [0.15, 0.2) is 0 Å². The van der Waals surface area contributed by atoms with Crippen molar-refractivity contribution >= 4 is 39.2 Å². The lowest BCUT2D eigenvalue weighted by Gasteiger charge is -2.14. The molecule has 0 bridgehead atoms. The first-order valence-electron chi connectivity index (χ1n) is 9.71. The Morgan fingerprint density at radius 3 is 2.51 bits per heavy atom. The quantitative estimate of drug-likeness (QED) is 0.172. The molecule has 1 N–H and O–H groups in total. The highest BCUT2D eigenvalue weighted by atomic mass is 79.9. The fraction of sp³-hybridized carbons (Fsp3) is 0.143. The third-order valence-electron chi connectivity index (χ3n) is 4.15. The zero-order valence-corrected chi connectivity index (χ0v) is 19.3. The molecule has 0 radical (unpaired) electrons. The maximum absolute atomic E-state index is 13.6. The number of ether oxygens (including phenoxy) is 2. The number of alkyl halides is 3. The van der Waals surface area contributed by atoms with Crippen LogP contribution in [0.5, 0.6) is 11.8 Å². The molecule has 0 aliphatic rings. The van der Waals surface area contributed by atoms with Crippen LogP contribution in [0.4, 0.5) is 29.3 Å². The lowest BCUT2D eigenvalue weighted by Crippen LogP contribution is -2.16. The molecule has 0 saturated heterocycles. The molecule has 1 heterocycles. The van der Waals surface area contributed by atoms with E-state index in [-0.39, 0.29) is 35.5 Å². The van der Waals surface area contributed by atoms with Gasteiger partial charge in [-0.15, -0.1) is 0 Å². The summed E-state index contributed by atoms with van der Waals surface area (Å²) in [5.41, 5.74) is -1.88. The van der Waals surface area contributed by atoms with E-state index in [0.717, 1.165) is 12.1 Å². The third kappa shape index (κ3) is 6.72. The van der Waals surface area contributed by atoms with Crippen LogP contribution >= 0.6 is 15.9 Å². The number of amides is 2. The Morgan fingerprint density at radius 2 is 1.89 bits per heavy atom. The molecule has 0 atom stereocenters. The molecule has 3 aromatic rings. The number of para-hydroxylation sites is 1. The number of nitrogens with one attached hydrogen (secondary N) is 1. The SMILES string of the molecule is CCO/C(=N/C(=O)Nc1ccc(Oc2ncc(Br)cn2)c(C(F)(F)F)c1)c1ccccc1[N+](=O)[O-]. The lowest BCUT2D eigenvalue weighted by molar-refractivity contribution is -0.385. The highest BCUT2D eigenvalue weighted by Gasteiger charge is 2.35. The van der Waals surface area contributed by atoms with Crippen LogP contribution in [0.15, 0.2) is 64.3 Å². The number of hydrogen-bond acceptors (Lipinski definition) is 7. The van der Waals surface area contributed by atoms with E-state index in [9.17, 15) is 28.1 Å². The van der Waals surface area contributed by atoms with E-state index in [1.54, 1.807) is 6.92 Å². The van der Waals surface area contributed by atoms with Crippen LogP contribution in [0, 0.1) is 10.1 Å². The standard InChI is InChI=1S/C21H15BrF3N5O5/c1-2-34-18(14-5-3-4-6-16(14)30(32)33)29-19(31)28-13-7-8-17(15(9-13)21(23,24)25)35-20-26-10-12(22)11-27-20/h3-11H,2H2,1H3,(H,28,31)/b29-18+. The van der Waals surface area contributed by atoms with Crippen LogP contribution in [0.1, 0.15) is 18.1 Å². The highest BCUT2D eigenvalue weighted by molar-refractivity contribution is 9.10. The third-order valence-corrected chi connectivity index (χ3v) is 4.56. The van der Waals surface area contributed by atoms with Gasteiger partial charge in [0.25, 0.3) is 5.69 Å². The average molecular weight is 554 g/mol. The van der Waals surface area contributed by atoms with Gasteiger partial charge in [0, 0.05) is 24.1 Å². The molecule has 1 aromatic heterocycles. The van der Waals surface area contributed by atoms with Crippen LogP contribution in [0.2, 0.25) is 0 Å². The predicted octanol–water partition coefficient (Wildman–Crippen LogP) is 5.97. The van der Waals surface area contributed by atoms with Crippen molar-refractivity contribution in [3.05, 3.63) is 80.6 Å². The summed E-state index contributed by atoms with van der Waals surface area (Å²) in [4.78, 5) is 34.2. The van der Waals surface area contributed by atoms with Crippen LogP contribution < -0.4 is 10.1 Å². The zero-order chi connectivity index (χ0) is 25.6. The number of nitro groups is 1. The Balaban J connectivity index is 1.89. The number of carbonyl (C=O) groups is 1. The Kier molecular flexibility index (Phi) is 7.96. The molecule has 2 aromatic carbocycles. The molecule has 0 fully saturated rings. The first-order chi connectivity index (χ1) is 16.6. The molecule has 0 saturated carbocycles. The van der Waals surface area contributed by atoms with Crippen molar-refractivity contribution in [1.29, 1.82) is 0 Å². The van der Waals surface area contributed by atoms with Gasteiger partial charge in [-0.05, 0) is 47.1 Å². The zero-order valence-electron chi connectivity index (χ0n) is 17.7. The van der Waals surface area contributed by atoms with Crippen LogP contribution in [0.3, 0.4) is 0 Å². The van der Waals surface area contributed by atoms with Gasteiger partial charge in [-0.3, -0.25) is 10.1 Å². The van der Waals surface area contributed by atoms with Gasteiger partial charge in [-0.1, -0.05) is 12.1 Å². The van der Waals surface area contributed by atoms with E-state index in [0.29, 0.717) is 10.5 Å². The largest absolute Gasteiger partial charge is 0.477 e. The van der Waals surface area contributed by atoms with Crippen LogP contribution in [-0.4, -0.2) is 33.4 Å². The van der Waals surface area contributed by atoms with Crippen molar-refractivity contribution < 1.29 is 32.4 Å². The lowest BCUT2D eigenvalue weighted by atomic mass is 10.1. The fourth-order valence-electron chi connectivity index (χ4n) is 2.73. The first-order valence-corrected chi connectivity index (χ1v) is 10.5. The summed E-state index contributed by atoms with van der Waals surface area (Å²) in [6.07, 6.45) is -2.24. The van der Waals surface area contributed by atoms with Gasteiger partial charge >= 0.3 is 18.2 Å². The summed E-state index contributed by atoms with van der Waals surface area (Å²) in [7, 11) is 0. The van der Waals surface area contributed by atoms with Gasteiger partial charge in [0.1, 0.15) is 16.9 Å². The van der Waals surface area contributed by atoms with Crippen molar-refractivity contribution in [3.8, 4) is 11.8 Å². The Morgan fingerprint density at radius 1 is 1.20 bits per heavy atom. The number of carbonyl (C=O) groups excluding carboxylic acids is 1. The summed E-state index contributed by atoms with van der Waals surface area (Å²) in [5, 5.41) is 13.5. The number of anilines is 1. The summed E-state index contributed by atoms with van der Waals surface area (Å²) in [6.45, 7) is 1.60. The fourth-order valence-corrected chi connectivity index (χ4v) is 2.94. The molecule has 35 heavy (non-hydrogen) atoms. The monoisotopic (exact) mass is 553 g/mol. The molecule has 0 unspecified atom stereocenters. The topological polar surface area (TPSA) is 129 Å². The van der Waals surface area contributed by atoms with Gasteiger partial charge in [0.2, 0.25) is 5.90 Å². The maximum atomic E-state index is 13.6. The Labute approximate surface area is 204 Å². The molecular weight excluding hydrogens is 539 g/mol. The van der Waals surface area contributed by atoms with Gasteiger partial charge in [0.05, 0.1) is 16.0 Å². The summed E-state index contributed by atoms with van der Waals surface area (Å²) < 4.78 is 51.8. The smallest absolute Gasteiger partial charge is 0.420 e. The molecular formula is C21H15BrF3N5O5. The van der Waals surface area contributed by atoms with E-state index < -0.39 is 28.4 Å². The number of rotatable bonds is 6. The average Bonchev–Trinajstić information content (AvgIpc) is 2.80. The van der Waals surface area contributed by atoms with Crippen molar-refractivity contribution in [2.24, 2.45) is 4.99 Å². The summed E-state index contributed by atoms with van der Waals surface area (Å²) >= 11 is 3.11. The van der Waals surface area contributed by atoms with Crippen molar-refractivity contribution in [1.82, 2.24) is 9.97 Å². The van der Waals surface area contributed by atoms with Gasteiger partial charge < -0.3 is 14.8 Å². The second-order valence-electron chi connectivity index (χ2n) is 6.55. The molecule has 14 heteroatoms. The van der Waals surface area contributed by atoms with E-state index in [1.165, 1.54) is 36.7 Å². The predicted molar refractivity (Wildman–Crippen MR) is 122 cm³/mol. The normalized spacial score (nSPS) is 11.6. The molecule has 10 nitrogen and oxygen atoms in total. The number of urea groups is 1. The molecule has 0 aliphatic heterocycles. The summed E-state index contributed by atoms with van der Waals surface area (Å²) in [6, 6.07) is 6.80. The number of hydrogen-bond donors (Lipinski definition) is 1. The number of halogens is 4.